The number of nitrogens with one attached hydrogen (secondary N) is 1. The fourth-order valence-electron chi connectivity index (χ4n) is 1.69. The quantitative estimate of drug-likeness (QED) is 0.889. The molecule has 2 heterocycles. The maximum Gasteiger partial charge on any atom is 0.220 e. The Hall–Kier alpha value is -1.75. The molecule has 1 amide bonds. The number of nitrogens with zero attached hydrogens (tertiary/aromatic N) is 2. The Balaban J connectivity index is 1.86. The maximum atomic E-state index is 11.7. The lowest BCUT2D eigenvalue weighted by atomic mass is 10.2. The zero-order valence-electron chi connectivity index (χ0n) is 11.8. The second-order valence-electron chi connectivity index (χ2n) is 5.08. The first-order chi connectivity index (χ1) is 9.65. The average Bonchev–Trinajstić information content (AvgIpc) is 2.93. The lowest BCUT2D eigenvalue weighted by molar-refractivity contribution is -0.121. The first-order valence-corrected chi connectivity index (χ1v) is 7.64. The normalized spacial score (nSPS) is 10.8. The van der Waals surface area contributed by atoms with Gasteiger partial charge in [-0.3, -0.25) is 9.78 Å². The largest absolute Gasteiger partial charge is 0.356 e. The summed E-state index contributed by atoms with van der Waals surface area (Å²) in [6.45, 7) is 4.90. The van der Waals surface area contributed by atoms with E-state index in [1.807, 2.05) is 17.5 Å². The van der Waals surface area contributed by atoms with Gasteiger partial charge in [0.2, 0.25) is 5.91 Å². The summed E-state index contributed by atoms with van der Waals surface area (Å²) in [5.41, 5.74) is 1.99. The van der Waals surface area contributed by atoms with Gasteiger partial charge < -0.3 is 5.32 Å². The van der Waals surface area contributed by atoms with Crippen LogP contribution in [-0.4, -0.2) is 22.4 Å². The minimum absolute atomic E-state index is 0.0922. The third-order valence-electron chi connectivity index (χ3n) is 2.78. The SMILES string of the molecule is CC(C)CNC(=O)CCc1csc(-c2cccnc2)n1. The Kier molecular flexibility index (Phi) is 5.24. The van der Waals surface area contributed by atoms with Crippen LogP contribution in [0.4, 0.5) is 0 Å². The van der Waals surface area contributed by atoms with Crippen LogP contribution in [0.1, 0.15) is 26.0 Å². The maximum absolute atomic E-state index is 11.7. The second-order valence-corrected chi connectivity index (χ2v) is 5.94. The topological polar surface area (TPSA) is 54.9 Å². The molecule has 2 aromatic heterocycles. The Morgan fingerprint density at radius 1 is 1.45 bits per heavy atom. The summed E-state index contributed by atoms with van der Waals surface area (Å²) in [6, 6.07) is 3.89. The molecule has 0 aliphatic carbocycles. The first kappa shape index (κ1) is 14.7. The number of carbonyl (C=O) groups excluding carboxylic acids is 1. The van der Waals surface area contributed by atoms with E-state index in [1.54, 1.807) is 23.7 Å². The van der Waals surface area contributed by atoms with Crippen molar-refractivity contribution < 1.29 is 4.79 Å². The van der Waals surface area contributed by atoms with Crippen LogP contribution in [0.3, 0.4) is 0 Å². The molecule has 20 heavy (non-hydrogen) atoms. The number of hydrogen-bond acceptors (Lipinski definition) is 4. The molecule has 0 spiro atoms. The summed E-state index contributed by atoms with van der Waals surface area (Å²) in [5, 5.41) is 5.88. The van der Waals surface area contributed by atoms with Crippen molar-refractivity contribution in [3.63, 3.8) is 0 Å². The van der Waals surface area contributed by atoms with E-state index < -0.39 is 0 Å². The lowest BCUT2D eigenvalue weighted by Crippen LogP contribution is -2.27. The molecule has 0 aliphatic rings. The Bertz CT molecular complexity index is 551. The van der Waals surface area contributed by atoms with E-state index in [1.165, 1.54) is 0 Å². The molecule has 0 radical (unpaired) electrons. The van der Waals surface area contributed by atoms with Crippen LogP contribution in [0.15, 0.2) is 29.9 Å². The van der Waals surface area contributed by atoms with Gasteiger partial charge in [-0.2, -0.15) is 0 Å². The van der Waals surface area contributed by atoms with E-state index in [2.05, 4.69) is 29.1 Å². The van der Waals surface area contributed by atoms with E-state index in [9.17, 15) is 4.79 Å². The predicted molar refractivity (Wildman–Crippen MR) is 81.5 cm³/mol. The summed E-state index contributed by atoms with van der Waals surface area (Å²) in [5.74, 6) is 0.574. The lowest BCUT2D eigenvalue weighted by Gasteiger charge is -2.06. The van der Waals surface area contributed by atoms with Gasteiger partial charge in [-0.1, -0.05) is 13.8 Å². The highest BCUT2D eigenvalue weighted by molar-refractivity contribution is 7.13. The van der Waals surface area contributed by atoms with Crippen molar-refractivity contribution in [2.45, 2.75) is 26.7 Å². The summed E-state index contributed by atoms with van der Waals surface area (Å²) in [4.78, 5) is 20.3. The van der Waals surface area contributed by atoms with Crippen molar-refractivity contribution >= 4 is 17.2 Å². The average molecular weight is 289 g/mol. The number of thiazole rings is 1. The number of pyridine rings is 1. The Labute approximate surface area is 123 Å². The van der Waals surface area contributed by atoms with Crippen LogP contribution in [-0.2, 0) is 11.2 Å². The van der Waals surface area contributed by atoms with Gasteiger partial charge in [0.15, 0.2) is 0 Å². The van der Waals surface area contributed by atoms with Crippen LogP contribution >= 0.6 is 11.3 Å². The van der Waals surface area contributed by atoms with Gasteiger partial charge in [-0.25, -0.2) is 4.98 Å². The third-order valence-corrected chi connectivity index (χ3v) is 3.72. The van der Waals surface area contributed by atoms with E-state index in [-0.39, 0.29) is 5.91 Å². The summed E-state index contributed by atoms with van der Waals surface area (Å²) >= 11 is 1.59. The van der Waals surface area contributed by atoms with Gasteiger partial charge in [0.25, 0.3) is 0 Å². The number of aryl methyl sites for hydroxylation is 1. The van der Waals surface area contributed by atoms with Crippen LogP contribution in [0.2, 0.25) is 0 Å². The molecule has 0 aliphatic heterocycles. The zero-order chi connectivity index (χ0) is 14.4. The highest BCUT2D eigenvalue weighted by atomic mass is 32.1. The molecular weight excluding hydrogens is 270 g/mol. The molecule has 106 valence electrons. The molecule has 0 aromatic carbocycles. The molecule has 0 fully saturated rings. The molecule has 0 atom stereocenters. The molecule has 0 unspecified atom stereocenters. The molecule has 0 saturated heterocycles. The number of carbonyl (C=O) groups is 1. The van der Waals surface area contributed by atoms with Crippen molar-refractivity contribution in [1.82, 2.24) is 15.3 Å². The standard InChI is InChI=1S/C15H19N3OS/c1-11(2)8-17-14(19)6-5-13-10-20-15(18-13)12-4-3-7-16-9-12/h3-4,7,9-11H,5-6,8H2,1-2H3,(H,17,19). The Morgan fingerprint density at radius 2 is 2.30 bits per heavy atom. The van der Waals surface area contributed by atoms with Crippen molar-refractivity contribution in [2.24, 2.45) is 5.92 Å². The molecule has 4 nitrogen and oxygen atoms in total. The minimum Gasteiger partial charge on any atom is -0.356 e. The van der Waals surface area contributed by atoms with Gasteiger partial charge in [-0.05, 0) is 24.5 Å². The smallest absolute Gasteiger partial charge is 0.220 e. The molecule has 0 bridgehead atoms. The van der Waals surface area contributed by atoms with E-state index in [0.717, 1.165) is 22.8 Å². The van der Waals surface area contributed by atoms with E-state index in [4.69, 9.17) is 0 Å². The zero-order valence-corrected chi connectivity index (χ0v) is 12.6. The minimum atomic E-state index is 0.0922. The monoisotopic (exact) mass is 289 g/mol. The summed E-state index contributed by atoms with van der Waals surface area (Å²) < 4.78 is 0. The summed E-state index contributed by atoms with van der Waals surface area (Å²) in [6.07, 6.45) is 4.72. The summed E-state index contributed by atoms with van der Waals surface area (Å²) in [7, 11) is 0. The van der Waals surface area contributed by atoms with Gasteiger partial charge in [-0.15, -0.1) is 11.3 Å². The number of rotatable bonds is 6. The predicted octanol–water partition coefficient (Wildman–Crippen LogP) is 2.91. The molecular formula is C15H19N3OS. The van der Waals surface area contributed by atoms with Gasteiger partial charge in [0.05, 0.1) is 5.69 Å². The fraction of sp³-hybridized carbons (Fsp3) is 0.400. The van der Waals surface area contributed by atoms with Crippen LogP contribution in [0.5, 0.6) is 0 Å². The van der Waals surface area contributed by atoms with E-state index in [0.29, 0.717) is 18.8 Å². The highest BCUT2D eigenvalue weighted by Crippen LogP contribution is 2.23. The van der Waals surface area contributed by atoms with E-state index >= 15 is 0 Å². The molecule has 2 aromatic rings. The molecule has 0 saturated carbocycles. The van der Waals surface area contributed by atoms with Crippen molar-refractivity contribution in [3.05, 3.63) is 35.6 Å². The number of hydrogen-bond donors (Lipinski definition) is 1. The van der Waals surface area contributed by atoms with Gasteiger partial charge >= 0.3 is 0 Å². The van der Waals surface area contributed by atoms with Crippen molar-refractivity contribution in [2.75, 3.05) is 6.54 Å². The van der Waals surface area contributed by atoms with Crippen LogP contribution < -0.4 is 5.32 Å². The first-order valence-electron chi connectivity index (χ1n) is 6.76. The van der Waals surface area contributed by atoms with Gasteiger partial charge in [0, 0.05) is 36.3 Å². The van der Waals surface area contributed by atoms with Gasteiger partial charge in [0.1, 0.15) is 5.01 Å². The second kappa shape index (κ2) is 7.14. The van der Waals surface area contributed by atoms with Crippen molar-refractivity contribution in [3.8, 4) is 10.6 Å². The fourth-order valence-corrected chi connectivity index (χ4v) is 2.54. The number of aromatic nitrogens is 2. The van der Waals surface area contributed by atoms with Crippen molar-refractivity contribution in [1.29, 1.82) is 0 Å². The highest BCUT2D eigenvalue weighted by Gasteiger charge is 2.07. The van der Waals surface area contributed by atoms with Crippen LogP contribution in [0, 0.1) is 5.92 Å². The molecule has 1 N–H and O–H groups in total. The number of amides is 1. The molecule has 2 rings (SSSR count). The third kappa shape index (κ3) is 4.42. The Morgan fingerprint density at radius 3 is 3.00 bits per heavy atom. The van der Waals surface area contributed by atoms with Crippen LogP contribution in [0.25, 0.3) is 10.6 Å². The molecule has 5 heteroatoms.